The normalized spacial score (nSPS) is 14.9. The minimum Gasteiger partial charge on any atom is -0.351 e. The van der Waals surface area contributed by atoms with Crippen molar-refractivity contribution in [3.63, 3.8) is 0 Å². The molecule has 0 bridgehead atoms. The molecular weight excluding hydrogens is 254 g/mol. The minimum atomic E-state index is -3.44. The molecule has 7 heteroatoms. The maximum atomic E-state index is 12.0. The molecule has 0 aromatic heterocycles. The summed E-state index contributed by atoms with van der Waals surface area (Å²) in [7, 11) is -0.469. The summed E-state index contributed by atoms with van der Waals surface area (Å²) in [6.07, 6.45) is 0. The van der Waals surface area contributed by atoms with Gasteiger partial charge in [0.05, 0.1) is 4.90 Å². The summed E-state index contributed by atoms with van der Waals surface area (Å²) in [5.41, 5.74) is 6.98. The van der Waals surface area contributed by atoms with E-state index in [4.69, 9.17) is 5.73 Å². The lowest BCUT2D eigenvalue weighted by Crippen LogP contribution is -2.30. The van der Waals surface area contributed by atoms with Gasteiger partial charge in [0, 0.05) is 27.2 Å². The molecule has 0 unspecified atom stereocenters. The van der Waals surface area contributed by atoms with Gasteiger partial charge in [-0.2, -0.15) is 0 Å². The lowest BCUT2D eigenvalue weighted by molar-refractivity contribution is 0.208. The Balaban J connectivity index is 2.38. The number of primary amides is 1. The van der Waals surface area contributed by atoms with Crippen LogP contribution < -0.4 is 5.73 Å². The number of hydrogen-bond acceptors (Lipinski definition) is 3. The van der Waals surface area contributed by atoms with E-state index < -0.39 is 16.1 Å². The zero-order valence-electron chi connectivity index (χ0n) is 10.3. The summed E-state index contributed by atoms with van der Waals surface area (Å²) in [6.45, 7) is 0.800. The highest BCUT2D eigenvalue weighted by Crippen LogP contribution is 2.26. The number of hydrogen-bond donors (Lipinski definition) is 1. The monoisotopic (exact) mass is 269 g/mol. The molecule has 0 radical (unpaired) electrons. The minimum absolute atomic E-state index is 0.234. The van der Waals surface area contributed by atoms with Crippen LogP contribution in [0.15, 0.2) is 23.1 Å². The Bertz CT molecular complexity index is 596. The second kappa shape index (κ2) is 4.25. The molecule has 18 heavy (non-hydrogen) atoms. The van der Waals surface area contributed by atoms with Crippen molar-refractivity contribution in [3.8, 4) is 0 Å². The van der Waals surface area contributed by atoms with Gasteiger partial charge in [-0.05, 0) is 23.3 Å². The van der Waals surface area contributed by atoms with Gasteiger partial charge >= 0.3 is 6.03 Å². The molecule has 0 aliphatic carbocycles. The lowest BCUT2D eigenvalue weighted by Gasteiger charge is -2.12. The quantitative estimate of drug-likeness (QED) is 0.839. The molecule has 2 N–H and O–H groups in total. The number of sulfonamides is 1. The van der Waals surface area contributed by atoms with Crippen molar-refractivity contribution in [2.75, 3.05) is 14.1 Å². The number of rotatable bonds is 2. The van der Waals surface area contributed by atoms with Gasteiger partial charge in [-0.15, -0.1) is 0 Å². The van der Waals surface area contributed by atoms with Crippen molar-refractivity contribution < 1.29 is 13.2 Å². The fraction of sp³-hybridized carbons (Fsp3) is 0.364. The van der Waals surface area contributed by atoms with Crippen LogP contribution in [0.2, 0.25) is 0 Å². The molecule has 1 heterocycles. The Morgan fingerprint density at radius 3 is 2.44 bits per heavy atom. The van der Waals surface area contributed by atoms with Crippen molar-refractivity contribution >= 4 is 16.1 Å². The van der Waals surface area contributed by atoms with Gasteiger partial charge in [0.15, 0.2) is 0 Å². The van der Waals surface area contributed by atoms with Gasteiger partial charge in [-0.3, -0.25) is 0 Å². The molecule has 2 rings (SSSR count). The number of fused-ring (bicyclic) bond motifs is 1. The van der Waals surface area contributed by atoms with E-state index in [0.717, 1.165) is 15.4 Å². The van der Waals surface area contributed by atoms with Crippen molar-refractivity contribution in [1.29, 1.82) is 0 Å². The van der Waals surface area contributed by atoms with Crippen LogP contribution in [0.3, 0.4) is 0 Å². The molecule has 1 aliphatic rings. The molecule has 2 amide bonds. The smallest absolute Gasteiger partial charge is 0.315 e. The SMILES string of the molecule is CN(C)S(=O)(=O)c1ccc2c(c1)CN(C(N)=O)C2. The third-order valence-electron chi connectivity index (χ3n) is 2.99. The predicted octanol–water partition coefficient (Wildman–Crippen LogP) is 0.331. The molecule has 0 saturated carbocycles. The molecule has 0 spiro atoms. The van der Waals surface area contributed by atoms with Crippen LogP contribution in [-0.4, -0.2) is 37.7 Å². The zero-order valence-corrected chi connectivity index (χ0v) is 11.1. The summed E-state index contributed by atoms with van der Waals surface area (Å²) < 4.78 is 25.1. The van der Waals surface area contributed by atoms with Crippen LogP contribution in [0, 0.1) is 0 Å². The van der Waals surface area contributed by atoms with Gasteiger partial charge < -0.3 is 10.6 Å². The first-order chi connectivity index (χ1) is 8.32. The van der Waals surface area contributed by atoms with Gasteiger partial charge in [0.2, 0.25) is 10.0 Å². The average molecular weight is 269 g/mol. The van der Waals surface area contributed by atoms with E-state index in [2.05, 4.69) is 0 Å². The van der Waals surface area contributed by atoms with Crippen LogP contribution in [-0.2, 0) is 23.1 Å². The van der Waals surface area contributed by atoms with Crippen molar-refractivity contribution in [3.05, 3.63) is 29.3 Å². The Kier molecular flexibility index (Phi) is 3.04. The topological polar surface area (TPSA) is 83.7 Å². The Hall–Kier alpha value is -1.60. The van der Waals surface area contributed by atoms with E-state index in [0.29, 0.717) is 13.1 Å². The summed E-state index contributed by atoms with van der Waals surface area (Å²) in [5.74, 6) is 0. The molecule has 0 fully saturated rings. The summed E-state index contributed by atoms with van der Waals surface area (Å²) in [4.78, 5) is 12.8. The number of urea groups is 1. The van der Waals surface area contributed by atoms with Gasteiger partial charge in [0.25, 0.3) is 0 Å². The molecule has 0 saturated heterocycles. The number of carbonyl (C=O) groups excluding carboxylic acids is 1. The van der Waals surface area contributed by atoms with Gasteiger partial charge in [-0.1, -0.05) is 6.07 Å². The van der Waals surface area contributed by atoms with E-state index in [1.807, 2.05) is 0 Å². The second-order valence-corrected chi connectivity index (χ2v) is 6.56. The van der Waals surface area contributed by atoms with Crippen molar-refractivity contribution in [2.24, 2.45) is 5.73 Å². The second-order valence-electron chi connectivity index (χ2n) is 4.41. The van der Waals surface area contributed by atoms with E-state index >= 15 is 0 Å². The highest BCUT2D eigenvalue weighted by molar-refractivity contribution is 7.89. The van der Waals surface area contributed by atoms with E-state index in [1.165, 1.54) is 19.0 Å². The molecule has 1 aromatic carbocycles. The number of amides is 2. The molecular formula is C11H15N3O3S. The first kappa shape index (κ1) is 12.8. The average Bonchev–Trinajstić information content (AvgIpc) is 2.71. The van der Waals surface area contributed by atoms with Crippen LogP contribution >= 0.6 is 0 Å². The van der Waals surface area contributed by atoms with Crippen LogP contribution in [0.1, 0.15) is 11.1 Å². The Morgan fingerprint density at radius 1 is 1.28 bits per heavy atom. The highest BCUT2D eigenvalue weighted by atomic mass is 32.2. The first-order valence-electron chi connectivity index (χ1n) is 5.41. The highest BCUT2D eigenvalue weighted by Gasteiger charge is 2.24. The maximum absolute atomic E-state index is 12.0. The Morgan fingerprint density at radius 2 is 1.89 bits per heavy atom. The molecule has 1 aromatic rings. The molecule has 1 aliphatic heterocycles. The largest absolute Gasteiger partial charge is 0.351 e. The molecule has 6 nitrogen and oxygen atoms in total. The van der Waals surface area contributed by atoms with Gasteiger partial charge in [-0.25, -0.2) is 17.5 Å². The number of benzene rings is 1. The summed E-state index contributed by atoms with van der Waals surface area (Å²) in [5, 5.41) is 0. The zero-order chi connectivity index (χ0) is 13.5. The summed E-state index contributed by atoms with van der Waals surface area (Å²) >= 11 is 0. The third-order valence-corrected chi connectivity index (χ3v) is 4.80. The summed E-state index contributed by atoms with van der Waals surface area (Å²) in [6, 6.07) is 4.39. The first-order valence-corrected chi connectivity index (χ1v) is 6.85. The Labute approximate surface area is 106 Å². The van der Waals surface area contributed by atoms with Crippen molar-refractivity contribution in [1.82, 2.24) is 9.21 Å². The standard InChI is InChI=1S/C11H15N3O3S/c1-13(2)18(16,17)10-4-3-8-6-14(11(12)15)7-9(8)5-10/h3-5H,6-7H2,1-2H3,(H2,12,15). The van der Waals surface area contributed by atoms with Crippen LogP contribution in [0.5, 0.6) is 0 Å². The fourth-order valence-electron chi connectivity index (χ4n) is 1.90. The van der Waals surface area contributed by atoms with E-state index in [-0.39, 0.29) is 4.90 Å². The van der Waals surface area contributed by atoms with Crippen LogP contribution in [0.4, 0.5) is 4.79 Å². The molecule has 98 valence electrons. The van der Waals surface area contributed by atoms with Crippen LogP contribution in [0.25, 0.3) is 0 Å². The predicted molar refractivity (Wildman–Crippen MR) is 66.1 cm³/mol. The van der Waals surface area contributed by atoms with E-state index in [1.54, 1.807) is 18.2 Å². The lowest BCUT2D eigenvalue weighted by atomic mass is 10.1. The maximum Gasteiger partial charge on any atom is 0.315 e. The fourth-order valence-corrected chi connectivity index (χ4v) is 2.85. The number of nitrogens with two attached hydrogens (primary N) is 1. The third kappa shape index (κ3) is 2.06. The van der Waals surface area contributed by atoms with Gasteiger partial charge in [0.1, 0.15) is 0 Å². The van der Waals surface area contributed by atoms with E-state index in [9.17, 15) is 13.2 Å². The van der Waals surface area contributed by atoms with Crippen molar-refractivity contribution in [2.45, 2.75) is 18.0 Å². The molecule has 0 atom stereocenters. The number of nitrogens with zero attached hydrogens (tertiary/aromatic N) is 2. The number of carbonyl (C=O) groups is 1.